The van der Waals surface area contributed by atoms with Gasteiger partial charge in [-0.2, -0.15) is 0 Å². The molecule has 0 amide bonds. The van der Waals surface area contributed by atoms with Gasteiger partial charge >= 0.3 is 0 Å². The van der Waals surface area contributed by atoms with E-state index < -0.39 is 70.5 Å². The first-order valence-electron chi connectivity index (χ1n) is 10.9. The van der Waals surface area contributed by atoms with Crippen LogP contribution in [0.1, 0.15) is 15.9 Å². The fourth-order valence-electron chi connectivity index (χ4n) is 4.43. The number of non-ortho nitro benzene ring substituents is 2. The van der Waals surface area contributed by atoms with Gasteiger partial charge < -0.3 is 0 Å². The molecule has 0 fully saturated rings. The first-order valence-corrected chi connectivity index (χ1v) is 11.7. The lowest BCUT2D eigenvalue weighted by molar-refractivity contribution is -0.395. The molecule has 0 unspecified atom stereocenters. The number of carbonyl (C=O) groups is 1. The van der Waals surface area contributed by atoms with Crippen molar-refractivity contribution < 1.29 is 24.5 Å². The Morgan fingerprint density at radius 1 is 0.538 bits per heavy atom. The Kier molecular flexibility index (Phi) is 6.00. The highest BCUT2D eigenvalue weighted by molar-refractivity contribution is 7.25. The third-order valence-corrected chi connectivity index (χ3v) is 7.19. The van der Waals surface area contributed by atoms with Gasteiger partial charge in [0, 0.05) is 43.4 Å². The van der Waals surface area contributed by atoms with Crippen molar-refractivity contribution in [3.05, 3.63) is 124 Å². The third kappa shape index (κ3) is 4.19. The molecule has 39 heavy (non-hydrogen) atoms. The summed E-state index contributed by atoms with van der Waals surface area (Å²) in [6.07, 6.45) is 0. The second-order valence-corrected chi connectivity index (χ2v) is 9.31. The van der Waals surface area contributed by atoms with E-state index in [4.69, 9.17) is 0 Å². The molecule has 4 aromatic carbocycles. The van der Waals surface area contributed by atoms with E-state index in [-0.39, 0.29) is 0 Å². The summed E-state index contributed by atoms with van der Waals surface area (Å²) in [5.74, 6) is -1.01. The average molecular weight is 544 g/mol. The molecule has 0 saturated carbocycles. The van der Waals surface area contributed by atoms with E-state index in [2.05, 4.69) is 48.5 Å². The molecular formula is C25H12N4O9S. The number of nitro benzene ring substituents is 4. The zero-order chi connectivity index (χ0) is 28.0. The van der Waals surface area contributed by atoms with Gasteiger partial charge in [0.1, 0.15) is 0 Å². The van der Waals surface area contributed by atoms with Crippen molar-refractivity contribution in [2.75, 3.05) is 0 Å². The van der Waals surface area contributed by atoms with E-state index in [1.54, 1.807) is 0 Å². The molecule has 14 heteroatoms. The van der Waals surface area contributed by atoms with Crippen molar-refractivity contribution >= 4 is 60.0 Å². The minimum Gasteiger partial charge on any atom is -0.289 e. The lowest BCUT2D eigenvalue weighted by atomic mass is 10.0. The standard InChI is InChI=1S/C13H4N4O9.C12H8S/c18-13-7-1-5(14(19)20)3-9(16(23)24)11(7)12-8(13)2-6(15(21)22)4-10(12)17(25)26;1-3-7-11-9(5-1)10-6-2-4-8-12(10)13-11/h1-4H;1-8H. The highest BCUT2D eigenvalue weighted by atomic mass is 32.1. The molecule has 6 rings (SSSR count). The normalized spacial score (nSPS) is 11.4. The maximum absolute atomic E-state index is 12.5. The molecule has 0 bridgehead atoms. The average Bonchev–Trinajstić information content (AvgIpc) is 3.43. The molecule has 0 spiro atoms. The van der Waals surface area contributed by atoms with Crippen molar-refractivity contribution in [1.29, 1.82) is 0 Å². The van der Waals surface area contributed by atoms with Gasteiger partial charge in [-0.3, -0.25) is 45.3 Å². The maximum Gasteiger partial charge on any atom is 0.285 e. The van der Waals surface area contributed by atoms with Crippen molar-refractivity contribution in [2.45, 2.75) is 0 Å². The fourth-order valence-corrected chi connectivity index (χ4v) is 5.53. The lowest BCUT2D eigenvalue weighted by Crippen LogP contribution is -2.00. The smallest absolute Gasteiger partial charge is 0.285 e. The number of ketones is 1. The Balaban J connectivity index is 0.000000196. The quantitative estimate of drug-likeness (QED) is 0.174. The Morgan fingerprint density at radius 3 is 1.28 bits per heavy atom. The number of benzene rings is 4. The van der Waals surface area contributed by atoms with E-state index >= 15 is 0 Å². The second kappa shape index (κ2) is 9.35. The molecule has 0 saturated heterocycles. The van der Waals surface area contributed by atoms with E-state index in [1.165, 1.54) is 20.2 Å². The minimum absolute atomic E-state index is 0.470. The van der Waals surface area contributed by atoms with Crippen LogP contribution in [0.5, 0.6) is 0 Å². The van der Waals surface area contributed by atoms with Gasteiger partial charge in [0.05, 0.1) is 43.0 Å². The zero-order valence-electron chi connectivity index (χ0n) is 19.3. The molecular weight excluding hydrogens is 532 g/mol. The summed E-state index contributed by atoms with van der Waals surface area (Å²) in [7, 11) is 0. The Bertz CT molecular complexity index is 1780. The van der Waals surface area contributed by atoms with Crippen LogP contribution in [0, 0.1) is 40.5 Å². The number of fused-ring (bicyclic) bond motifs is 6. The molecule has 0 atom stereocenters. The molecule has 0 N–H and O–H groups in total. The van der Waals surface area contributed by atoms with Gasteiger partial charge in [0.25, 0.3) is 22.7 Å². The number of nitro groups is 4. The lowest BCUT2D eigenvalue weighted by Gasteiger charge is -2.03. The van der Waals surface area contributed by atoms with Crippen LogP contribution in [0.4, 0.5) is 22.7 Å². The van der Waals surface area contributed by atoms with Gasteiger partial charge in [-0.25, -0.2) is 0 Å². The summed E-state index contributed by atoms with van der Waals surface area (Å²) in [6, 6.07) is 19.8. The Labute approximate surface area is 220 Å². The maximum atomic E-state index is 12.5. The molecule has 0 radical (unpaired) electrons. The van der Waals surface area contributed by atoms with E-state index in [1.807, 2.05) is 11.3 Å². The number of hydrogen-bond acceptors (Lipinski definition) is 10. The van der Waals surface area contributed by atoms with Gasteiger partial charge in [-0.15, -0.1) is 11.3 Å². The number of nitrogens with zero attached hydrogens (tertiary/aromatic N) is 4. The minimum atomic E-state index is -1.01. The summed E-state index contributed by atoms with van der Waals surface area (Å²) in [5, 5.41) is 47.3. The Morgan fingerprint density at radius 2 is 0.923 bits per heavy atom. The molecule has 13 nitrogen and oxygen atoms in total. The largest absolute Gasteiger partial charge is 0.289 e. The summed E-state index contributed by atoms with van der Waals surface area (Å²) in [6.45, 7) is 0. The van der Waals surface area contributed by atoms with Crippen LogP contribution in [0.15, 0.2) is 72.8 Å². The van der Waals surface area contributed by atoms with Gasteiger partial charge in [-0.05, 0) is 12.1 Å². The summed E-state index contributed by atoms with van der Waals surface area (Å²) >= 11 is 1.86. The van der Waals surface area contributed by atoms with E-state index in [0.717, 1.165) is 12.1 Å². The summed E-state index contributed by atoms with van der Waals surface area (Å²) < 4.78 is 2.76. The third-order valence-electron chi connectivity index (χ3n) is 6.04. The second-order valence-electron chi connectivity index (χ2n) is 8.23. The van der Waals surface area contributed by atoms with Crippen molar-refractivity contribution in [3.63, 3.8) is 0 Å². The number of carbonyl (C=O) groups excluding carboxylic acids is 1. The zero-order valence-corrected chi connectivity index (χ0v) is 20.1. The van der Waals surface area contributed by atoms with Crippen LogP contribution >= 0.6 is 11.3 Å². The topological polar surface area (TPSA) is 190 Å². The SMILES string of the molecule is O=C1c2cc([N+](=O)[O-])cc([N+](=O)[O-])c2-c2c1cc([N+](=O)[O-])cc2[N+](=O)[O-].c1ccc2c(c1)sc1ccccc12. The molecule has 5 aromatic rings. The van der Waals surface area contributed by atoms with E-state index in [9.17, 15) is 45.3 Å². The highest BCUT2D eigenvalue weighted by Crippen LogP contribution is 2.49. The predicted octanol–water partition coefficient (Wildman–Crippen LogP) is 6.59. The summed E-state index contributed by atoms with van der Waals surface area (Å²) in [5.41, 5.74) is -5.20. The molecule has 0 aliphatic heterocycles. The monoisotopic (exact) mass is 544 g/mol. The summed E-state index contributed by atoms with van der Waals surface area (Å²) in [4.78, 5) is 53.1. The Hall–Kier alpha value is -5.63. The van der Waals surface area contributed by atoms with Crippen LogP contribution in [-0.2, 0) is 0 Å². The molecule has 192 valence electrons. The van der Waals surface area contributed by atoms with Crippen molar-refractivity contribution in [3.8, 4) is 11.1 Å². The van der Waals surface area contributed by atoms with Crippen LogP contribution in [-0.4, -0.2) is 25.5 Å². The van der Waals surface area contributed by atoms with Gasteiger partial charge in [0.15, 0.2) is 5.78 Å². The predicted molar refractivity (Wildman–Crippen MR) is 141 cm³/mol. The number of rotatable bonds is 4. The first-order chi connectivity index (χ1) is 18.6. The van der Waals surface area contributed by atoms with Crippen molar-refractivity contribution in [1.82, 2.24) is 0 Å². The van der Waals surface area contributed by atoms with Crippen LogP contribution in [0.25, 0.3) is 31.3 Å². The van der Waals surface area contributed by atoms with Gasteiger partial charge in [-0.1, -0.05) is 36.4 Å². The highest BCUT2D eigenvalue weighted by Gasteiger charge is 2.42. The molecule has 1 aliphatic rings. The van der Waals surface area contributed by atoms with Crippen LogP contribution in [0.2, 0.25) is 0 Å². The van der Waals surface area contributed by atoms with Crippen molar-refractivity contribution in [2.24, 2.45) is 0 Å². The molecule has 1 aliphatic carbocycles. The van der Waals surface area contributed by atoms with Crippen LogP contribution in [0.3, 0.4) is 0 Å². The number of hydrogen-bond donors (Lipinski definition) is 0. The fraction of sp³-hybridized carbons (Fsp3) is 0. The number of thiophene rings is 1. The molecule has 1 aromatic heterocycles. The van der Waals surface area contributed by atoms with E-state index in [0.29, 0.717) is 12.1 Å². The van der Waals surface area contributed by atoms with Crippen LogP contribution < -0.4 is 0 Å². The molecule has 1 heterocycles. The van der Waals surface area contributed by atoms with Gasteiger partial charge in [0.2, 0.25) is 0 Å². The first kappa shape index (κ1) is 25.0.